The molecule has 7 heteroatoms. The van der Waals surface area contributed by atoms with E-state index >= 15 is 0 Å². The summed E-state index contributed by atoms with van der Waals surface area (Å²) in [7, 11) is 3.13. The second-order valence-electron chi connectivity index (χ2n) is 6.09. The number of hydrogen-bond donors (Lipinski definition) is 1. The van der Waals surface area contributed by atoms with Crippen LogP contribution in [0.4, 0.5) is 14.6 Å². The first-order valence-corrected chi connectivity index (χ1v) is 8.86. The van der Waals surface area contributed by atoms with E-state index in [0.717, 1.165) is 30.5 Å². The Hall–Kier alpha value is -3.22. The van der Waals surface area contributed by atoms with E-state index in [2.05, 4.69) is 22.2 Å². The van der Waals surface area contributed by atoms with Crippen LogP contribution in [-0.4, -0.2) is 30.7 Å². The second-order valence-corrected chi connectivity index (χ2v) is 6.09. The number of rotatable bonds is 7. The number of nitrogens with zero attached hydrogens (tertiary/aromatic N) is 2. The normalized spacial score (nSPS) is 11.2. The summed E-state index contributed by atoms with van der Waals surface area (Å²) in [6, 6.07) is 7.30. The molecule has 5 nitrogen and oxygen atoms in total. The molecule has 0 saturated heterocycles. The molecular weight excluding hydrogens is 364 g/mol. The van der Waals surface area contributed by atoms with E-state index in [9.17, 15) is 8.78 Å². The van der Waals surface area contributed by atoms with Crippen LogP contribution in [-0.2, 0) is 0 Å². The van der Waals surface area contributed by atoms with Gasteiger partial charge in [0, 0.05) is 18.0 Å². The van der Waals surface area contributed by atoms with E-state index in [-0.39, 0.29) is 0 Å². The van der Waals surface area contributed by atoms with Crippen molar-refractivity contribution >= 4 is 28.9 Å². The van der Waals surface area contributed by atoms with Gasteiger partial charge in [-0.15, -0.1) is 0 Å². The third-order valence-electron chi connectivity index (χ3n) is 4.13. The first-order valence-electron chi connectivity index (χ1n) is 8.86. The molecule has 146 valence electrons. The Labute approximate surface area is 162 Å². The molecule has 28 heavy (non-hydrogen) atoms. The van der Waals surface area contributed by atoms with E-state index in [4.69, 9.17) is 9.47 Å². The maximum absolute atomic E-state index is 13.4. The lowest BCUT2D eigenvalue weighted by atomic mass is 10.2. The maximum atomic E-state index is 13.4. The smallest absolute Gasteiger partial charge is 0.162 e. The highest BCUT2D eigenvalue weighted by Crippen LogP contribution is 2.34. The number of fused-ring (bicyclic) bond motifs is 1. The van der Waals surface area contributed by atoms with Crippen molar-refractivity contribution < 1.29 is 18.3 Å². The van der Waals surface area contributed by atoms with Crippen LogP contribution >= 0.6 is 0 Å². The standard InChI is InChI=1S/C21H21F2N3O2/c1-4-9-24-21-14-11-18(27-2)19(28-3)12-17(14)25-20(26-21)8-6-13-5-7-15(22)16(23)10-13/h5-8,10-12H,4,9H2,1-3H3,(H,24,25,26). The number of ether oxygens (including phenoxy) is 2. The van der Waals surface area contributed by atoms with E-state index in [1.165, 1.54) is 6.07 Å². The van der Waals surface area contributed by atoms with Gasteiger partial charge in [-0.2, -0.15) is 0 Å². The molecule has 0 saturated carbocycles. The number of nitrogens with one attached hydrogen (secondary N) is 1. The van der Waals surface area contributed by atoms with E-state index in [1.54, 1.807) is 32.4 Å². The van der Waals surface area contributed by atoms with Gasteiger partial charge in [-0.3, -0.25) is 0 Å². The number of halogens is 2. The number of anilines is 1. The molecule has 0 bridgehead atoms. The molecule has 0 atom stereocenters. The summed E-state index contributed by atoms with van der Waals surface area (Å²) < 4.78 is 37.2. The first kappa shape index (κ1) is 19.5. The zero-order chi connectivity index (χ0) is 20.1. The molecule has 1 aromatic heterocycles. The fourth-order valence-corrected chi connectivity index (χ4v) is 2.71. The first-order chi connectivity index (χ1) is 13.5. The summed E-state index contributed by atoms with van der Waals surface area (Å²) in [4.78, 5) is 9.09. The third kappa shape index (κ3) is 4.19. The van der Waals surface area contributed by atoms with E-state index in [0.29, 0.717) is 34.2 Å². The maximum Gasteiger partial charge on any atom is 0.162 e. The van der Waals surface area contributed by atoms with Crippen molar-refractivity contribution in [2.45, 2.75) is 13.3 Å². The van der Waals surface area contributed by atoms with Gasteiger partial charge in [-0.05, 0) is 36.3 Å². The van der Waals surface area contributed by atoms with Crippen molar-refractivity contribution in [3.8, 4) is 11.5 Å². The molecule has 3 aromatic rings. The van der Waals surface area contributed by atoms with Crippen molar-refractivity contribution in [2.24, 2.45) is 0 Å². The van der Waals surface area contributed by atoms with Crippen LogP contribution in [0.15, 0.2) is 30.3 Å². The molecule has 0 aliphatic rings. The van der Waals surface area contributed by atoms with Crippen LogP contribution in [0.25, 0.3) is 23.1 Å². The Morgan fingerprint density at radius 1 is 0.964 bits per heavy atom. The number of aromatic nitrogens is 2. The molecule has 2 aromatic carbocycles. The largest absolute Gasteiger partial charge is 0.493 e. The highest BCUT2D eigenvalue weighted by atomic mass is 19.2. The van der Waals surface area contributed by atoms with Gasteiger partial charge >= 0.3 is 0 Å². The monoisotopic (exact) mass is 385 g/mol. The number of benzene rings is 2. The molecule has 1 heterocycles. The minimum Gasteiger partial charge on any atom is -0.493 e. The molecule has 0 spiro atoms. The Kier molecular flexibility index (Phi) is 6.03. The highest BCUT2D eigenvalue weighted by molar-refractivity contribution is 5.92. The van der Waals surface area contributed by atoms with E-state index in [1.807, 2.05) is 6.07 Å². The summed E-state index contributed by atoms with van der Waals surface area (Å²) in [5.74, 6) is 0.463. The molecule has 0 fully saturated rings. The lowest BCUT2D eigenvalue weighted by Gasteiger charge is -2.13. The van der Waals surface area contributed by atoms with Crippen LogP contribution in [0.5, 0.6) is 11.5 Å². The topological polar surface area (TPSA) is 56.3 Å². The minimum atomic E-state index is -0.899. The fourth-order valence-electron chi connectivity index (χ4n) is 2.71. The predicted molar refractivity (Wildman–Crippen MR) is 107 cm³/mol. The highest BCUT2D eigenvalue weighted by Gasteiger charge is 2.12. The average molecular weight is 385 g/mol. The fraction of sp³-hybridized carbons (Fsp3) is 0.238. The van der Waals surface area contributed by atoms with Crippen molar-refractivity contribution in [3.05, 3.63) is 53.4 Å². The predicted octanol–water partition coefficient (Wildman–Crippen LogP) is 4.92. The Morgan fingerprint density at radius 3 is 2.39 bits per heavy atom. The van der Waals surface area contributed by atoms with Crippen molar-refractivity contribution in [1.82, 2.24) is 9.97 Å². The minimum absolute atomic E-state index is 0.433. The second kappa shape index (κ2) is 8.65. The van der Waals surface area contributed by atoms with Crippen LogP contribution in [0.2, 0.25) is 0 Å². The van der Waals surface area contributed by atoms with Gasteiger partial charge in [0.25, 0.3) is 0 Å². The van der Waals surface area contributed by atoms with Crippen molar-refractivity contribution in [1.29, 1.82) is 0 Å². The van der Waals surface area contributed by atoms with Gasteiger partial charge in [-0.25, -0.2) is 18.7 Å². The Bertz CT molecular complexity index is 1020. The van der Waals surface area contributed by atoms with Gasteiger partial charge in [0.2, 0.25) is 0 Å². The van der Waals surface area contributed by atoms with E-state index < -0.39 is 11.6 Å². The number of hydrogen-bond acceptors (Lipinski definition) is 5. The number of methoxy groups -OCH3 is 2. The summed E-state index contributed by atoms with van der Waals surface area (Å²) in [6.07, 6.45) is 4.22. The molecule has 1 N–H and O–H groups in total. The SMILES string of the molecule is CCCNc1nc(C=Cc2ccc(F)c(F)c2)nc2cc(OC)c(OC)cc12. The van der Waals surface area contributed by atoms with Crippen LogP contribution in [0, 0.1) is 11.6 Å². The Balaban J connectivity index is 2.06. The van der Waals surface area contributed by atoms with Gasteiger partial charge in [0.15, 0.2) is 29.0 Å². The summed E-state index contributed by atoms with van der Waals surface area (Å²) in [5, 5.41) is 4.09. The van der Waals surface area contributed by atoms with Gasteiger partial charge in [0.05, 0.1) is 19.7 Å². The quantitative estimate of drug-likeness (QED) is 0.626. The van der Waals surface area contributed by atoms with Crippen LogP contribution in [0.1, 0.15) is 24.7 Å². The molecule has 0 aliphatic heterocycles. The molecule has 3 rings (SSSR count). The molecule has 0 amide bonds. The van der Waals surface area contributed by atoms with Gasteiger partial charge in [0.1, 0.15) is 5.82 Å². The summed E-state index contributed by atoms with van der Waals surface area (Å²) >= 11 is 0. The lowest BCUT2D eigenvalue weighted by molar-refractivity contribution is 0.356. The molecular formula is C21H21F2N3O2. The zero-order valence-electron chi connectivity index (χ0n) is 15.9. The average Bonchev–Trinajstić information content (AvgIpc) is 2.71. The van der Waals surface area contributed by atoms with Gasteiger partial charge in [-0.1, -0.05) is 19.1 Å². The molecule has 0 aliphatic carbocycles. The summed E-state index contributed by atoms with van der Waals surface area (Å²) in [6.45, 7) is 2.80. The van der Waals surface area contributed by atoms with Gasteiger partial charge < -0.3 is 14.8 Å². The molecule has 0 unspecified atom stereocenters. The lowest BCUT2D eigenvalue weighted by Crippen LogP contribution is -2.05. The molecule has 0 radical (unpaired) electrons. The van der Waals surface area contributed by atoms with Crippen molar-refractivity contribution in [2.75, 3.05) is 26.1 Å². The van der Waals surface area contributed by atoms with Crippen LogP contribution in [0.3, 0.4) is 0 Å². The van der Waals surface area contributed by atoms with Crippen molar-refractivity contribution in [3.63, 3.8) is 0 Å². The van der Waals surface area contributed by atoms with Crippen LogP contribution < -0.4 is 14.8 Å². The third-order valence-corrected chi connectivity index (χ3v) is 4.13. The zero-order valence-corrected chi connectivity index (χ0v) is 15.9. The summed E-state index contributed by atoms with van der Waals surface area (Å²) in [5.41, 5.74) is 1.19. The Morgan fingerprint density at radius 2 is 1.71 bits per heavy atom.